The summed E-state index contributed by atoms with van der Waals surface area (Å²) in [6.07, 6.45) is 2.59. The van der Waals surface area contributed by atoms with Gasteiger partial charge < -0.3 is 9.64 Å². The molecule has 1 aromatic carbocycles. The summed E-state index contributed by atoms with van der Waals surface area (Å²) in [6.45, 7) is 11.8. The van der Waals surface area contributed by atoms with E-state index in [1.807, 2.05) is 6.07 Å². The van der Waals surface area contributed by atoms with Gasteiger partial charge in [0.1, 0.15) is 5.75 Å². The molecule has 0 aromatic heterocycles. The van der Waals surface area contributed by atoms with Crippen molar-refractivity contribution in [3.63, 3.8) is 0 Å². The van der Waals surface area contributed by atoms with Crippen LogP contribution < -0.4 is 4.74 Å². The lowest BCUT2D eigenvalue weighted by molar-refractivity contribution is 0.0592. The molecule has 134 valence electrons. The number of halogens is 1. The first-order valence-electron chi connectivity index (χ1n) is 9.20. The average molecular weight is 396 g/mol. The molecular formula is C19H30BrN3O. The third kappa shape index (κ3) is 4.51. The predicted molar refractivity (Wildman–Crippen MR) is 103 cm³/mol. The topological polar surface area (TPSA) is 19.0 Å². The molecule has 4 nitrogen and oxygen atoms in total. The fourth-order valence-corrected chi connectivity index (χ4v) is 4.41. The minimum absolute atomic E-state index is 0.782. The first-order valence-corrected chi connectivity index (χ1v) is 10.00. The molecule has 0 atom stereocenters. The lowest BCUT2D eigenvalue weighted by Crippen LogP contribution is -2.53. The summed E-state index contributed by atoms with van der Waals surface area (Å²) in [5.74, 6) is 0.996. The standard InChI is InChI=1S/C19H30BrN3O/c1-3-21-10-12-23(13-11-21)18-6-8-22(9-7-18)15-16-14-17(20)4-5-19(16)24-2/h4-5,14,18H,3,6-13,15H2,1-2H3. The summed E-state index contributed by atoms with van der Waals surface area (Å²) >= 11 is 3.58. The Kier molecular flexibility index (Phi) is 6.56. The fraction of sp³-hybridized carbons (Fsp3) is 0.684. The Hall–Kier alpha value is -0.620. The van der Waals surface area contributed by atoms with Gasteiger partial charge in [0, 0.05) is 48.8 Å². The molecule has 2 aliphatic heterocycles. The Morgan fingerprint density at radius 3 is 2.38 bits per heavy atom. The number of rotatable bonds is 5. The van der Waals surface area contributed by atoms with E-state index in [4.69, 9.17) is 4.74 Å². The van der Waals surface area contributed by atoms with Gasteiger partial charge in [-0.1, -0.05) is 22.9 Å². The van der Waals surface area contributed by atoms with Gasteiger partial charge in [-0.05, 0) is 50.7 Å². The molecule has 2 saturated heterocycles. The first-order chi connectivity index (χ1) is 11.7. The van der Waals surface area contributed by atoms with Crippen LogP contribution in [0, 0.1) is 0 Å². The summed E-state index contributed by atoms with van der Waals surface area (Å²) in [5.41, 5.74) is 1.28. The maximum absolute atomic E-state index is 5.52. The van der Waals surface area contributed by atoms with Crippen LogP contribution in [-0.4, -0.2) is 73.7 Å². The van der Waals surface area contributed by atoms with E-state index in [0.29, 0.717) is 0 Å². The smallest absolute Gasteiger partial charge is 0.123 e. The third-order valence-corrected chi connectivity index (χ3v) is 6.06. The minimum atomic E-state index is 0.782. The number of benzene rings is 1. The molecular weight excluding hydrogens is 366 g/mol. The van der Waals surface area contributed by atoms with E-state index in [1.165, 1.54) is 64.2 Å². The van der Waals surface area contributed by atoms with Crippen LogP contribution >= 0.6 is 15.9 Å². The first kappa shape index (κ1) is 18.2. The molecule has 0 amide bonds. The van der Waals surface area contributed by atoms with E-state index in [0.717, 1.165) is 22.8 Å². The second-order valence-corrected chi connectivity index (χ2v) is 7.85. The van der Waals surface area contributed by atoms with Crippen molar-refractivity contribution in [1.29, 1.82) is 0 Å². The Morgan fingerprint density at radius 1 is 1.04 bits per heavy atom. The lowest BCUT2D eigenvalue weighted by atomic mass is 10.0. The number of hydrogen-bond acceptors (Lipinski definition) is 4. The van der Waals surface area contributed by atoms with E-state index in [1.54, 1.807) is 7.11 Å². The van der Waals surface area contributed by atoms with Crippen molar-refractivity contribution in [2.24, 2.45) is 0 Å². The van der Waals surface area contributed by atoms with Gasteiger partial charge in [0.2, 0.25) is 0 Å². The van der Waals surface area contributed by atoms with Gasteiger partial charge in [0.15, 0.2) is 0 Å². The molecule has 0 bridgehead atoms. The molecule has 0 saturated carbocycles. The summed E-state index contributed by atoms with van der Waals surface area (Å²) in [4.78, 5) is 7.86. The van der Waals surface area contributed by atoms with Crippen LogP contribution in [-0.2, 0) is 6.54 Å². The number of likely N-dealkylation sites (N-methyl/N-ethyl adjacent to an activating group) is 1. The molecule has 0 aliphatic carbocycles. The van der Waals surface area contributed by atoms with Crippen molar-refractivity contribution in [3.05, 3.63) is 28.2 Å². The highest BCUT2D eigenvalue weighted by Gasteiger charge is 2.27. The van der Waals surface area contributed by atoms with Crippen molar-refractivity contribution < 1.29 is 4.74 Å². The molecule has 0 N–H and O–H groups in total. The zero-order valence-corrected chi connectivity index (χ0v) is 16.6. The van der Waals surface area contributed by atoms with Gasteiger partial charge >= 0.3 is 0 Å². The van der Waals surface area contributed by atoms with Gasteiger partial charge in [0.25, 0.3) is 0 Å². The van der Waals surface area contributed by atoms with E-state index < -0.39 is 0 Å². The Morgan fingerprint density at radius 2 is 1.75 bits per heavy atom. The SMILES string of the molecule is CCN1CCN(C2CCN(Cc3cc(Br)ccc3OC)CC2)CC1. The molecule has 0 radical (unpaired) electrons. The number of hydrogen-bond donors (Lipinski definition) is 0. The monoisotopic (exact) mass is 395 g/mol. The number of ether oxygens (including phenoxy) is 1. The molecule has 2 aliphatic rings. The summed E-state index contributed by atoms with van der Waals surface area (Å²) in [5, 5.41) is 0. The van der Waals surface area contributed by atoms with Gasteiger partial charge in [-0.25, -0.2) is 0 Å². The molecule has 24 heavy (non-hydrogen) atoms. The maximum atomic E-state index is 5.52. The maximum Gasteiger partial charge on any atom is 0.123 e. The van der Waals surface area contributed by atoms with Crippen LogP contribution in [0.4, 0.5) is 0 Å². The fourth-order valence-electron chi connectivity index (χ4n) is 4.00. The van der Waals surface area contributed by atoms with Crippen molar-refractivity contribution in [3.8, 4) is 5.75 Å². The number of nitrogens with zero attached hydrogens (tertiary/aromatic N) is 3. The lowest BCUT2D eigenvalue weighted by Gasteiger charge is -2.42. The molecule has 0 unspecified atom stereocenters. The van der Waals surface area contributed by atoms with Crippen LogP contribution in [0.5, 0.6) is 5.75 Å². The quantitative estimate of drug-likeness (QED) is 0.762. The average Bonchev–Trinajstić information content (AvgIpc) is 2.63. The molecule has 1 aromatic rings. The zero-order valence-electron chi connectivity index (χ0n) is 15.0. The molecule has 2 fully saturated rings. The normalized spacial score (nSPS) is 22.0. The largest absolute Gasteiger partial charge is 0.496 e. The van der Waals surface area contributed by atoms with Gasteiger partial charge in [-0.15, -0.1) is 0 Å². The van der Waals surface area contributed by atoms with Gasteiger partial charge in [-0.2, -0.15) is 0 Å². The molecule has 3 rings (SSSR count). The number of methoxy groups -OCH3 is 1. The summed E-state index contributed by atoms with van der Waals surface area (Å²) < 4.78 is 6.65. The van der Waals surface area contributed by atoms with Crippen LogP contribution in [0.3, 0.4) is 0 Å². The van der Waals surface area contributed by atoms with Gasteiger partial charge in [0.05, 0.1) is 7.11 Å². The van der Waals surface area contributed by atoms with E-state index in [9.17, 15) is 0 Å². The number of piperidine rings is 1. The second-order valence-electron chi connectivity index (χ2n) is 6.93. The Balaban J connectivity index is 1.50. The Labute approximate surface area is 154 Å². The highest BCUT2D eigenvalue weighted by atomic mass is 79.9. The highest BCUT2D eigenvalue weighted by Crippen LogP contribution is 2.26. The summed E-state index contributed by atoms with van der Waals surface area (Å²) in [6, 6.07) is 7.07. The Bertz CT molecular complexity index is 523. The van der Waals surface area contributed by atoms with Crippen LogP contribution in [0.1, 0.15) is 25.3 Å². The molecule has 5 heteroatoms. The van der Waals surface area contributed by atoms with Crippen LogP contribution in [0.15, 0.2) is 22.7 Å². The minimum Gasteiger partial charge on any atom is -0.496 e. The van der Waals surface area contributed by atoms with E-state index >= 15 is 0 Å². The summed E-state index contributed by atoms with van der Waals surface area (Å²) in [7, 11) is 1.76. The second kappa shape index (κ2) is 8.65. The van der Waals surface area contributed by atoms with Gasteiger partial charge in [-0.3, -0.25) is 9.80 Å². The van der Waals surface area contributed by atoms with Crippen molar-refractivity contribution in [1.82, 2.24) is 14.7 Å². The molecule has 0 spiro atoms. The number of piperazine rings is 1. The van der Waals surface area contributed by atoms with Crippen molar-refractivity contribution in [2.45, 2.75) is 32.4 Å². The zero-order chi connectivity index (χ0) is 16.9. The van der Waals surface area contributed by atoms with E-state index in [-0.39, 0.29) is 0 Å². The van der Waals surface area contributed by atoms with Crippen LogP contribution in [0.25, 0.3) is 0 Å². The molecule has 2 heterocycles. The van der Waals surface area contributed by atoms with E-state index in [2.05, 4.69) is 49.7 Å². The van der Waals surface area contributed by atoms with Crippen molar-refractivity contribution in [2.75, 3.05) is 52.9 Å². The van der Waals surface area contributed by atoms with Crippen molar-refractivity contribution >= 4 is 15.9 Å². The number of likely N-dealkylation sites (tertiary alicyclic amines) is 1. The predicted octanol–water partition coefficient (Wildman–Crippen LogP) is 3.06. The highest BCUT2D eigenvalue weighted by molar-refractivity contribution is 9.10. The van der Waals surface area contributed by atoms with Crippen LogP contribution in [0.2, 0.25) is 0 Å². The third-order valence-electron chi connectivity index (χ3n) is 5.56.